The standard InChI is InChI=1S/C13H32N2O3Si/c1-16-19(17-2,18-3)12-13(9-11-15)8-6-4-5-7-10-14/h13H,4-12,14-15H2,1-3H3. The summed E-state index contributed by atoms with van der Waals surface area (Å²) in [5.74, 6) is 0.523. The second-order valence-corrected chi connectivity index (χ2v) is 7.93. The van der Waals surface area contributed by atoms with Crippen molar-refractivity contribution >= 4 is 8.80 Å². The molecule has 0 aromatic rings. The fourth-order valence-electron chi connectivity index (χ4n) is 2.37. The van der Waals surface area contributed by atoms with Gasteiger partial charge in [-0.1, -0.05) is 25.7 Å². The van der Waals surface area contributed by atoms with Gasteiger partial charge in [-0.2, -0.15) is 0 Å². The molecule has 0 heterocycles. The molecule has 0 aliphatic heterocycles. The molecule has 0 saturated carbocycles. The molecule has 116 valence electrons. The molecular weight excluding hydrogens is 260 g/mol. The minimum atomic E-state index is -2.47. The molecule has 0 aromatic heterocycles. The molecule has 0 rings (SSSR count). The predicted octanol–water partition coefficient (Wildman–Crippen LogP) is 1.74. The SMILES string of the molecule is CO[Si](CC(CCN)CCCCCCN)(OC)OC. The Morgan fingerprint density at radius 2 is 1.37 bits per heavy atom. The Bertz CT molecular complexity index is 196. The summed E-state index contributed by atoms with van der Waals surface area (Å²) in [4.78, 5) is 0. The quantitative estimate of drug-likeness (QED) is 0.399. The van der Waals surface area contributed by atoms with Gasteiger partial charge in [-0.05, 0) is 31.8 Å². The summed E-state index contributed by atoms with van der Waals surface area (Å²) in [7, 11) is 2.53. The molecule has 0 radical (unpaired) electrons. The van der Waals surface area contributed by atoms with E-state index in [2.05, 4.69) is 0 Å². The van der Waals surface area contributed by atoms with Gasteiger partial charge >= 0.3 is 8.80 Å². The number of nitrogens with two attached hydrogens (primary N) is 2. The van der Waals surface area contributed by atoms with E-state index in [1.165, 1.54) is 19.3 Å². The van der Waals surface area contributed by atoms with Gasteiger partial charge in [0.2, 0.25) is 0 Å². The average Bonchev–Trinajstić information content (AvgIpc) is 2.44. The van der Waals surface area contributed by atoms with Gasteiger partial charge in [-0.25, -0.2) is 0 Å². The highest BCUT2D eigenvalue weighted by Gasteiger charge is 2.39. The molecule has 0 bridgehead atoms. The lowest BCUT2D eigenvalue weighted by atomic mass is 9.99. The Kier molecular flexibility index (Phi) is 11.8. The second kappa shape index (κ2) is 11.8. The van der Waals surface area contributed by atoms with Crippen LogP contribution in [0.3, 0.4) is 0 Å². The van der Waals surface area contributed by atoms with Gasteiger partial charge in [-0.15, -0.1) is 0 Å². The monoisotopic (exact) mass is 292 g/mol. The lowest BCUT2D eigenvalue weighted by molar-refractivity contribution is 0.116. The molecule has 5 nitrogen and oxygen atoms in total. The maximum Gasteiger partial charge on any atom is 0.500 e. The minimum Gasteiger partial charge on any atom is -0.377 e. The zero-order valence-corrected chi connectivity index (χ0v) is 13.8. The Hall–Kier alpha value is 0.0169. The first-order valence-corrected chi connectivity index (χ1v) is 9.16. The van der Waals surface area contributed by atoms with Crippen molar-refractivity contribution in [1.82, 2.24) is 0 Å². The third kappa shape index (κ3) is 8.01. The number of unbranched alkanes of at least 4 members (excludes halogenated alkanes) is 3. The molecule has 0 amide bonds. The van der Waals surface area contributed by atoms with Crippen molar-refractivity contribution in [3.8, 4) is 0 Å². The molecule has 0 aliphatic carbocycles. The molecule has 0 saturated heterocycles. The van der Waals surface area contributed by atoms with Gasteiger partial charge in [0.15, 0.2) is 0 Å². The Balaban J connectivity index is 4.15. The van der Waals surface area contributed by atoms with Crippen LogP contribution in [0.4, 0.5) is 0 Å². The summed E-state index contributed by atoms with van der Waals surface area (Å²) in [5, 5.41) is 0. The molecule has 0 fully saturated rings. The maximum atomic E-state index is 5.70. The van der Waals surface area contributed by atoms with E-state index in [4.69, 9.17) is 24.7 Å². The van der Waals surface area contributed by atoms with Crippen molar-refractivity contribution in [3.05, 3.63) is 0 Å². The van der Waals surface area contributed by atoms with Crippen LogP contribution in [0.15, 0.2) is 0 Å². The highest BCUT2D eigenvalue weighted by atomic mass is 28.4. The zero-order chi connectivity index (χ0) is 14.6. The van der Waals surface area contributed by atoms with Crippen LogP contribution in [-0.4, -0.2) is 43.2 Å². The van der Waals surface area contributed by atoms with Gasteiger partial charge < -0.3 is 24.7 Å². The largest absolute Gasteiger partial charge is 0.500 e. The van der Waals surface area contributed by atoms with Crippen molar-refractivity contribution in [2.24, 2.45) is 17.4 Å². The first-order valence-electron chi connectivity index (χ1n) is 7.23. The molecule has 19 heavy (non-hydrogen) atoms. The van der Waals surface area contributed by atoms with Gasteiger partial charge in [0.1, 0.15) is 0 Å². The second-order valence-electron chi connectivity index (χ2n) is 4.93. The van der Waals surface area contributed by atoms with Crippen molar-refractivity contribution in [1.29, 1.82) is 0 Å². The van der Waals surface area contributed by atoms with Gasteiger partial charge in [0.25, 0.3) is 0 Å². The van der Waals surface area contributed by atoms with Gasteiger partial charge in [0, 0.05) is 27.4 Å². The number of rotatable bonds is 13. The molecule has 6 heteroatoms. The molecule has 4 N–H and O–H groups in total. The fourth-order valence-corrected chi connectivity index (χ4v) is 4.48. The van der Waals surface area contributed by atoms with Crippen LogP contribution in [0.25, 0.3) is 0 Å². The van der Waals surface area contributed by atoms with E-state index in [9.17, 15) is 0 Å². The van der Waals surface area contributed by atoms with E-state index < -0.39 is 8.80 Å². The van der Waals surface area contributed by atoms with Gasteiger partial charge in [0.05, 0.1) is 0 Å². The summed E-state index contributed by atoms with van der Waals surface area (Å²) in [6, 6.07) is 0.852. The topological polar surface area (TPSA) is 79.7 Å². The highest BCUT2D eigenvalue weighted by Crippen LogP contribution is 2.26. The highest BCUT2D eigenvalue weighted by molar-refractivity contribution is 6.60. The van der Waals surface area contributed by atoms with E-state index >= 15 is 0 Å². The first-order chi connectivity index (χ1) is 9.17. The smallest absolute Gasteiger partial charge is 0.377 e. The van der Waals surface area contributed by atoms with E-state index in [0.717, 1.165) is 31.9 Å². The molecule has 0 aromatic carbocycles. The van der Waals surface area contributed by atoms with Crippen LogP contribution in [0.2, 0.25) is 6.04 Å². The fraction of sp³-hybridized carbons (Fsp3) is 1.00. The Morgan fingerprint density at radius 1 is 0.789 bits per heavy atom. The Labute approximate surface area is 119 Å². The molecule has 0 aliphatic rings. The minimum absolute atomic E-state index is 0.523. The van der Waals surface area contributed by atoms with Crippen LogP contribution >= 0.6 is 0 Å². The Morgan fingerprint density at radius 3 is 1.84 bits per heavy atom. The van der Waals surface area contributed by atoms with E-state index in [1.807, 2.05) is 0 Å². The summed E-state index contributed by atoms with van der Waals surface area (Å²) in [6.07, 6.45) is 6.95. The van der Waals surface area contributed by atoms with E-state index in [0.29, 0.717) is 12.5 Å². The van der Waals surface area contributed by atoms with Crippen molar-refractivity contribution < 1.29 is 13.3 Å². The zero-order valence-electron chi connectivity index (χ0n) is 12.8. The van der Waals surface area contributed by atoms with E-state index in [-0.39, 0.29) is 0 Å². The van der Waals surface area contributed by atoms with Crippen LogP contribution in [0, 0.1) is 5.92 Å². The number of hydrogen-bond donors (Lipinski definition) is 2. The molecule has 0 spiro atoms. The number of hydrogen-bond acceptors (Lipinski definition) is 5. The van der Waals surface area contributed by atoms with Crippen LogP contribution in [0.1, 0.15) is 38.5 Å². The molecular formula is C13H32N2O3Si. The third-order valence-corrected chi connectivity index (χ3v) is 6.56. The molecule has 1 unspecified atom stereocenters. The van der Waals surface area contributed by atoms with Crippen LogP contribution in [-0.2, 0) is 13.3 Å². The van der Waals surface area contributed by atoms with Crippen LogP contribution in [0.5, 0.6) is 0 Å². The summed E-state index contributed by atoms with van der Waals surface area (Å²) >= 11 is 0. The summed E-state index contributed by atoms with van der Waals surface area (Å²) in [5.41, 5.74) is 11.2. The molecule has 1 atom stereocenters. The average molecular weight is 292 g/mol. The first kappa shape index (κ1) is 19.0. The van der Waals surface area contributed by atoms with Gasteiger partial charge in [-0.3, -0.25) is 0 Å². The van der Waals surface area contributed by atoms with Crippen molar-refractivity contribution in [2.75, 3.05) is 34.4 Å². The normalized spacial score (nSPS) is 13.7. The maximum absolute atomic E-state index is 5.70. The lowest BCUT2D eigenvalue weighted by Gasteiger charge is -2.28. The third-order valence-electron chi connectivity index (χ3n) is 3.61. The lowest BCUT2D eigenvalue weighted by Crippen LogP contribution is -2.44. The predicted molar refractivity (Wildman–Crippen MR) is 80.9 cm³/mol. The summed E-state index contributed by atoms with van der Waals surface area (Å²) in [6.45, 7) is 1.49. The van der Waals surface area contributed by atoms with E-state index in [1.54, 1.807) is 21.3 Å². The van der Waals surface area contributed by atoms with Crippen molar-refractivity contribution in [2.45, 2.75) is 44.6 Å². The van der Waals surface area contributed by atoms with Crippen LogP contribution < -0.4 is 11.5 Å². The summed E-state index contributed by atoms with van der Waals surface area (Å²) < 4.78 is 16.5. The van der Waals surface area contributed by atoms with Crippen molar-refractivity contribution in [3.63, 3.8) is 0 Å².